The molecule has 0 heterocycles. The first kappa shape index (κ1) is 16.2. The summed E-state index contributed by atoms with van der Waals surface area (Å²) >= 11 is 7.16. The van der Waals surface area contributed by atoms with E-state index in [-0.39, 0.29) is 22.9 Å². The maximum Gasteiger partial charge on any atom is 0.337 e. The fourth-order valence-electron chi connectivity index (χ4n) is 1.71. The van der Waals surface area contributed by atoms with E-state index in [0.717, 1.165) is 4.90 Å². The van der Waals surface area contributed by atoms with Crippen LogP contribution in [0.25, 0.3) is 0 Å². The normalized spacial score (nSPS) is 10.2. The van der Waals surface area contributed by atoms with Crippen molar-refractivity contribution in [3.05, 3.63) is 53.1 Å². The molecule has 0 aliphatic carbocycles. The van der Waals surface area contributed by atoms with Gasteiger partial charge in [-0.1, -0.05) is 11.6 Å². The molecule has 2 rings (SSSR count). The number of benzene rings is 2. The Morgan fingerprint density at radius 3 is 2.50 bits per heavy atom. The van der Waals surface area contributed by atoms with Crippen LogP contribution in [0.4, 0.5) is 11.4 Å². The van der Waals surface area contributed by atoms with E-state index in [0.29, 0.717) is 10.7 Å². The number of hydrogen-bond donors (Lipinski definition) is 3. The molecule has 0 spiro atoms. The Balaban J connectivity index is 2.01. The number of thioether (sulfide) groups is 1. The lowest BCUT2D eigenvalue weighted by molar-refractivity contribution is -0.113. The predicted octanol–water partition coefficient (Wildman–Crippen LogP) is 3.35. The van der Waals surface area contributed by atoms with Crippen LogP contribution in [0.3, 0.4) is 0 Å². The highest BCUT2D eigenvalue weighted by molar-refractivity contribution is 8.00. The predicted molar refractivity (Wildman–Crippen MR) is 88.6 cm³/mol. The molecule has 0 fully saturated rings. The maximum atomic E-state index is 11.9. The Hall–Kier alpha value is -2.18. The van der Waals surface area contributed by atoms with Gasteiger partial charge in [-0.3, -0.25) is 4.79 Å². The highest BCUT2D eigenvalue weighted by atomic mass is 35.5. The van der Waals surface area contributed by atoms with Gasteiger partial charge in [0.05, 0.1) is 17.0 Å². The van der Waals surface area contributed by atoms with Gasteiger partial charge in [0, 0.05) is 15.6 Å². The second-order valence-corrected chi connectivity index (χ2v) is 5.89. The number of nitrogen functional groups attached to an aromatic ring is 1. The van der Waals surface area contributed by atoms with Crippen molar-refractivity contribution in [3.63, 3.8) is 0 Å². The van der Waals surface area contributed by atoms with Gasteiger partial charge in [-0.05, 0) is 42.5 Å². The van der Waals surface area contributed by atoms with Crippen molar-refractivity contribution in [2.24, 2.45) is 0 Å². The van der Waals surface area contributed by atoms with Crippen LogP contribution in [0.15, 0.2) is 47.4 Å². The molecule has 1 amide bonds. The number of nitrogens with two attached hydrogens (primary N) is 1. The van der Waals surface area contributed by atoms with E-state index in [4.69, 9.17) is 22.4 Å². The third-order valence-electron chi connectivity index (χ3n) is 2.74. The second kappa shape index (κ2) is 7.20. The van der Waals surface area contributed by atoms with E-state index in [1.165, 1.54) is 30.0 Å². The molecule has 7 heteroatoms. The molecule has 2 aromatic rings. The van der Waals surface area contributed by atoms with Crippen molar-refractivity contribution in [1.82, 2.24) is 0 Å². The monoisotopic (exact) mass is 336 g/mol. The summed E-state index contributed by atoms with van der Waals surface area (Å²) in [6, 6.07) is 11.4. The topological polar surface area (TPSA) is 92.4 Å². The number of carboxylic acid groups (broad SMARTS) is 1. The van der Waals surface area contributed by atoms with E-state index in [9.17, 15) is 9.59 Å². The summed E-state index contributed by atoms with van der Waals surface area (Å²) in [6.07, 6.45) is 0. The smallest absolute Gasteiger partial charge is 0.337 e. The molecule has 4 N–H and O–H groups in total. The Morgan fingerprint density at radius 2 is 1.86 bits per heavy atom. The first-order chi connectivity index (χ1) is 10.5. The number of hydrogen-bond acceptors (Lipinski definition) is 4. The summed E-state index contributed by atoms with van der Waals surface area (Å²) in [5.41, 5.74) is 6.42. The van der Waals surface area contributed by atoms with Gasteiger partial charge in [-0.25, -0.2) is 4.79 Å². The van der Waals surface area contributed by atoms with E-state index < -0.39 is 5.97 Å². The summed E-state index contributed by atoms with van der Waals surface area (Å²) in [5, 5.41) is 12.0. The Labute approximate surface area is 136 Å². The highest BCUT2D eigenvalue weighted by Gasteiger charge is 2.13. The molecule has 0 aliphatic rings. The number of rotatable bonds is 5. The average Bonchev–Trinajstić information content (AvgIpc) is 2.46. The number of carbonyl (C=O) groups excluding carboxylic acids is 1. The van der Waals surface area contributed by atoms with Crippen molar-refractivity contribution in [2.75, 3.05) is 16.8 Å². The average molecular weight is 337 g/mol. The summed E-state index contributed by atoms with van der Waals surface area (Å²) in [7, 11) is 0. The summed E-state index contributed by atoms with van der Waals surface area (Å²) in [6.45, 7) is 0. The maximum absolute atomic E-state index is 11.9. The molecule has 22 heavy (non-hydrogen) atoms. The number of anilines is 2. The van der Waals surface area contributed by atoms with Crippen LogP contribution in [0, 0.1) is 0 Å². The van der Waals surface area contributed by atoms with Gasteiger partial charge in [0.15, 0.2) is 0 Å². The second-order valence-electron chi connectivity index (χ2n) is 4.40. The van der Waals surface area contributed by atoms with Gasteiger partial charge in [0.2, 0.25) is 5.91 Å². The van der Waals surface area contributed by atoms with Gasteiger partial charge >= 0.3 is 5.97 Å². The SMILES string of the molecule is Nc1ccc(SCC(=O)Nc2cc(Cl)ccc2C(=O)O)cc1. The fourth-order valence-corrected chi connectivity index (χ4v) is 2.58. The molecule has 0 radical (unpaired) electrons. The lowest BCUT2D eigenvalue weighted by Gasteiger charge is -2.09. The van der Waals surface area contributed by atoms with Crippen LogP contribution >= 0.6 is 23.4 Å². The van der Waals surface area contributed by atoms with Gasteiger partial charge in [0.1, 0.15) is 0 Å². The van der Waals surface area contributed by atoms with E-state index in [1.807, 2.05) is 12.1 Å². The minimum Gasteiger partial charge on any atom is -0.478 e. The van der Waals surface area contributed by atoms with Crippen molar-refractivity contribution in [1.29, 1.82) is 0 Å². The van der Waals surface area contributed by atoms with Crippen LogP contribution in [0.5, 0.6) is 0 Å². The molecule has 0 aliphatic heterocycles. The number of nitrogens with one attached hydrogen (secondary N) is 1. The van der Waals surface area contributed by atoms with Crippen molar-refractivity contribution in [3.8, 4) is 0 Å². The molecular formula is C15H13ClN2O3S. The van der Waals surface area contributed by atoms with Gasteiger partial charge < -0.3 is 16.2 Å². The quantitative estimate of drug-likeness (QED) is 0.575. The van der Waals surface area contributed by atoms with Gasteiger partial charge in [-0.2, -0.15) is 0 Å². The van der Waals surface area contributed by atoms with Crippen LogP contribution in [-0.4, -0.2) is 22.7 Å². The molecule has 5 nitrogen and oxygen atoms in total. The Kier molecular flexibility index (Phi) is 5.30. The number of amides is 1. The summed E-state index contributed by atoms with van der Waals surface area (Å²) < 4.78 is 0. The lowest BCUT2D eigenvalue weighted by Crippen LogP contribution is -2.16. The molecule has 0 bridgehead atoms. The summed E-state index contributed by atoms with van der Waals surface area (Å²) in [4.78, 5) is 24.0. The molecular weight excluding hydrogens is 324 g/mol. The van der Waals surface area contributed by atoms with Crippen molar-refractivity contribution in [2.45, 2.75) is 4.90 Å². The number of carboxylic acids is 1. The zero-order chi connectivity index (χ0) is 16.1. The van der Waals surface area contributed by atoms with Crippen LogP contribution in [-0.2, 0) is 4.79 Å². The molecule has 0 saturated carbocycles. The fraction of sp³-hybridized carbons (Fsp3) is 0.0667. The molecule has 114 valence electrons. The molecule has 0 atom stereocenters. The molecule has 0 aromatic heterocycles. The van der Waals surface area contributed by atoms with Crippen molar-refractivity contribution < 1.29 is 14.7 Å². The third kappa shape index (κ3) is 4.41. The highest BCUT2D eigenvalue weighted by Crippen LogP contribution is 2.23. The minimum atomic E-state index is -1.13. The van der Waals surface area contributed by atoms with Crippen molar-refractivity contribution >= 4 is 46.6 Å². The minimum absolute atomic E-state index is 0.00441. The number of halogens is 1. The van der Waals surface area contributed by atoms with Gasteiger partial charge in [-0.15, -0.1) is 11.8 Å². The summed E-state index contributed by atoms with van der Waals surface area (Å²) in [5.74, 6) is -1.29. The van der Waals surface area contributed by atoms with E-state index in [2.05, 4.69) is 5.32 Å². The van der Waals surface area contributed by atoms with Gasteiger partial charge in [0.25, 0.3) is 0 Å². The number of aromatic carboxylic acids is 1. The standard InChI is InChI=1S/C15H13ClN2O3S/c16-9-1-6-12(15(20)21)13(7-9)18-14(19)8-22-11-4-2-10(17)3-5-11/h1-7H,8,17H2,(H,18,19)(H,20,21). The van der Waals surface area contributed by atoms with Crippen LogP contribution in [0.1, 0.15) is 10.4 Å². The molecule has 2 aromatic carbocycles. The van der Waals surface area contributed by atoms with Crippen LogP contribution < -0.4 is 11.1 Å². The van der Waals surface area contributed by atoms with Crippen LogP contribution in [0.2, 0.25) is 5.02 Å². The Morgan fingerprint density at radius 1 is 1.18 bits per heavy atom. The zero-order valence-electron chi connectivity index (χ0n) is 11.4. The lowest BCUT2D eigenvalue weighted by atomic mass is 10.2. The van der Waals surface area contributed by atoms with E-state index >= 15 is 0 Å². The molecule has 0 unspecified atom stereocenters. The largest absolute Gasteiger partial charge is 0.478 e. The Bertz CT molecular complexity index is 704. The first-order valence-electron chi connectivity index (χ1n) is 6.27. The molecule has 0 saturated heterocycles. The third-order valence-corrected chi connectivity index (χ3v) is 3.98. The zero-order valence-corrected chi connectivity index (χ0v) is 12.9. The van der Waals surface area contributed by atoms with E-state index in [1.54, 1.807) is 12.1 Å². The number of carbonyl (C=O) groups is 2. The first-order valence-corrected chi connectivity index (χ1v) is 7.63.